The van der Waals surface area contributed by atoms with Gasteiger partial charge in [0, 0.05) is 13.7 Å². The van der Waals surface area contributed by atoms with Crippen molar-refractivity contribution in [2.24, 2.45) is 0 Å². The van der Waals surface area contributed by atoms with Gasteiger partial charge in [0.05, 0.1) is 17.0 Å². The SMILES string of the molecule is CO[C@@H]1CCN(S(=O)(=O)c2ccc(F)c(F)c2)[C@H]1Cc1ccccc1. The lowest BCUT2D eigenvalue weighted by molar-refractivity contribution is 0.0810. The Bertz CT molecular complexity index is 843. The lowest BCUT2D eigenvalue weighted by atomic mass is 10.0. The normalized spacial score (nSPS) is 21.6. The quantitative estimate of drug-likeness (QED) is 0.816. The highest BCUT2D eigenvalue weighted by Crippen LogP contribution is 2.30. The second-order valence-electron chi connectivity index (χ2n) is 6.01. The number of sulfonamides is 1. The van der Waals surface area contributed by atoms with Crippen LogP contribution >= 0.6 is 0 Å². The highest BCUT2D eigenvalue weighted by molar-refractivity contribution is 7.89. The molecule has 1 fully saturated rings. The van der Waals surface area contributed by atoms with Gasteiger partial charge in [-0.3, -0.25) is 0 Å². The first kappa shape index (κ1) is 18.0. The molecule has 0 radical (unpaired) electrons. The highest BCUT2D eigenvalue weighted by atomic mass is 32.2. The van der Waals surface area contributed by atoms with Crippen molar-refractivity contribution in [2.75, 3.05) is 13.7 Å². The van der Waals surface area contributed by atoms with Crippen LogP contribution in [-0.2, 0) is 21.2 Å². The summed E-state index contributed by atoms with van der Waals surface area (Å²) in [4.78, 5) is -0.249. The van der Waals surface area contributed by atoms with Crippen molar-refractivity contribution in [1.29, 1.82) is 0 Å². The van der Waals surface area contributed by atoms with Gasteiger partial charge in [-0.1, -0.05) is 30.3 Å². The van der Waals surface area contributed by atoms with Crippen LogP contribution in [0.25, 0.3) is 0 Å². The van der Waals surface area contributed by atoms with Crippen molar-refractivity contribution in [1.82, 2.24) is 4.31 Å². The predicted octanol–water partition coefficient (Wildman–Crippen LogP) is 2.99. The zero-order valence-electron chi connectivity index (χ0n) is 13.7. The first-order valence-electron chi connectivity index (χ1n) is 7.97. The van der Waals surface area contributed by atoms with Crippen molar-refractivity contribution in [2.45, 2.75) is 29.9 Å². The minimum Gasteiger partial charge on any atom is -0.380 e. The molecule has 2 aromatic carbocycles. The molecule has 0 spiro atoms. The summed E-state index contributed by atoms with van der Waals surface area (Å²) < 4.78 is 59.3. The summed E-state index contributed by atoms with van der Waals surface area (Å²) >= 11 is 0. The van der Waals surface area contributed by atoms with Crippen molar-refractivity contribution in [3.63, 3.8) is 0 Å². The van der Waals surface area contributed by atoms with Crippen LogP contribution in [0.4, 0.5) is 8.78 Å². The number of hydrogen-bond donors (Lipinski definition) is 0. The van der Waals surface area contributed by atoms with Crippen LogP contribution in [0.5, 0.6) is 0 Å². The van der Waals surface area contributed by atoms with E-state index < -0.39 is 27.7 Å². The summed E-state index contributed by atoms with van der Waals surface area (Å²) in [6.45, 7) is 0.275. The Morgan fingerprint density at radius 1 is 1.12 bits per heavy atom. The van der Waals surface area contributed by atoms with Gasteiger partial charge in [-0.2, -0.15) is 4.31 Å². The summed E-state index contributed by atoms with van der Waals surface area (Å²) in [7, 11) is -2.39. The van der Waals surface area contributed by atoms with Crippen LogP contribution < -0.4 is 0 Å². The maximum Gasteiger partial charge on any atom is 0.243 e. The molecule has 2 atom stereocenters. The number of methoxy groups -OCH3 is 1. The maximum absolute atomic E-state index is 13.5. The van der Waals surface area contributed by atoms with Gasteiger partial charge in [0.25, 0.3) is 0 Å². The minimum absolute atomic E-state index is 0.249. The van der Waals surface area contributed by atoms with Gasteiger partial charge >= 0.3 is 0 Å². The molecular weight excluding hydrogens is 348 g/mol. The van der Waals surface area contributed by atoms with Gasteiger partial charge < -0.3 is 4.74 Å². The van der Waals surface area contributed by atoms with Crippen LogP contribution in [0, 0.1) is 11.6 Å². The molecule has 0 aromatic heterocycles. The van der Waals surface area contributed by atoms with Gasteiger partial charge in [0.2, 0.25) is 10.0 Å². The maximum atomic E-state index is 13.5. The Morgan fingerprint density at radius 3 is 2.48 bits per heavy atom. The average Bonchev–Trinajstić information content (AvgIpc) is 3.01. The minimum atomic E-state index is -3.94. The molecule has 25 heavy (non-hydrogen) atoms. The standard InChI is InChI=1S/C18H19F2NO3S/c1-24-18-9-10-21(17(18)11-13-5-3-2-4-6-13)25(22,23)14-7-8-15(19)16(20)12-14/h2-8,12,17-18H,9-11H2,1H3/t17-,18+/m0/s1. The van der Waals surface area contributed by atoms with Gasteiger partial charge in [-0.15, -0.1) is 0 Å². The van der Waals surface area contributed by atoms with E-state index in [1.165, 1.54) is 4.31 Å². The molecule has 1 saturated heterocycles. The van der Waals surface area contributed by atoms with Crippen LogP contribution in [-0.4, -0.2) is 38.5 Å². The predicted molar refractivity (Wildman–Crippen MR) is 89.6 cm³/mol. The van der Waals surface area contributed by atoms with Crippen molar-refractivity contribution < 1.29 is 21.9 Å². The molecule has 3 rings (SSSR count). The van der Waals surface area contributed by atoms with E-state index in [0.29, 0.717) is 12.8 Å². The van der Waals surface area contributed by atoms with Crippen LogP contribution in [0.1, 0.15) is 12.0 Å². The molecular formula is C18H19F2NO3S. The number of benzene rings is 2. The number of hydrogen-bond acceptors (Lipinski definition) is 3. The largest absolute Gasteiger partial charge is 0.380 e. The summed E-state index contributed by atoms with van der Waals surface area (Å²) in [5.74, 6) is -2.25. The fourth-order valence-corrected chi connectivity index (χ4v) is 4.91. The Balaban J connectivity index is 1.93. The lowest BCUT2D eigenvalue weighted by Gasteiger charge is -2.27. The Labute approximate surface area is 146 Å². The molecule has 1 aliphatic rings. The topological polar surface area (TPSA) is 46.6 Å². The summed E-state index contributed by atoms with van der Waals surface area (Å²) in [6, 6.07) is 11.8. The second-order valence-corrected chi connectivity index (χ2v) is 7.90. The number of nitrogens with zero attached hydrogens (tertiary/aromatic N) is 1. The van der Waals surface area contributed by atoms with Crippen LogP contribution in [0.15, 0.2) is 53.4 Å². The third kappa shape index (κ3) is 3.58. The van der Waals surface area contributed by atoms with Crippen molar-refractivity contribution in [3.8, 4) is 0 Å². The first-order valence-corrected chi connectivity index (χ1v) is 9.41. The molecule has 134 valence electrons. The zero-order valence-corrected chi connectivity index (χ0v) is 14.5. The highest BCUT2D eigenvalue weighted by Gasteiger charge is 2.41. The fourth-order valence-electron chi connectivity index (χ4n) is 3.23. The molecule has 7 heteroatoms. The van der Waals surface area contributed by atoms with Gasteiger partial charge in [0.15, 0.2) is 11.6 Å². The van der Waals surface area contributed by atoms with Crippen LogP contribution in [0.3, 0.4) is 0 Å². The molecule has 0 amide bonds. The van der Waals surface area contributed by atoms with E-state index in [0.717, 1.165) is 23.8 Å². The monoisotopic (exact) mass is 367 g/mol. The number of rotatable bonds is 5. The number of halogens is 2. The smallest absolute Gasteiger partial charge is 0.243 e. The molecule has 4 nitrogen and oxygen atoms in total. The Morgan fingerprint density at radius 2 is 1.84 bits per heavy atom. The lowest BCUT2D eigenvalue weighted by Crippen LogP contribution is -2.41. The molecule has 0 saturated carbocycles. The van der Waals surface area contributed by atoms with Crippen molar-refractivity contribution >= 4 is 10.0 Å². The van der Waals surface area contributed by atoms with E-state index in [-0.39, 0.29) is 17.5 Å². The summed E-state index contributed by atoms with van der Waals surface area (Å²) in [5, 5.41) is 0. The third-order valence-electron chi connectivity index (χ3n) is 4.52. The average molecular weight is 367 g/mol. The molecule has 0 N–H and O–H groups in total. The summed E-state index contributed by atoms with van der Waals surface area (Å²) in [5.41, 5.74) is 0.988. The van der Waals surface area contributed by atoms with Gasteiger partial charge in [-0.05, 0) is 36.6 Å². The fraction of sp³-hybridized carbons (Fsp3) is 0.333. The molecule has 0 bridgehead atoms. The zero-order chi connectivity index (χ0) is 18.0. The van der Waals surface area contributed by atoms with E-state index in [1.54, 1.807) is 7.11 Å². The summed E-state index contributed by atoms with van der Waals surface area (Å²) in [6.07, 6.45) is 0.791. The molecule has 1 aliphatic heterocycles. The number of ether oxygens (including phenoxy) is 1. The van der Waals surface area contributed by atoms with Gasteiger partial charge in [-0.25, -0.2) is 17.2 Å². The third-order valence-corrected chi connectivity index (χ3v) is 6.44. The van der Waals surface area contributed by atoms with E-state index in [1.807, 2.05) is 30.3 Å². The van der Waals surface area contributed by atoms with Crippen molar-refractivity contribution in [3.05, 3.63) is 65.7 Å². The van der Waals surface area contributed by atoms with Crippen LogP contribution in [0.2, 0.25) is 0 Å². The first-order chi connectivity index (χ1) is 11.9. The van der Waals surface area contributed by atoms with Gasteiger partial charge in [0.1, 0.15) is 0 Å². The Hall–Kier alpha value is -1.83. The molecule has 1 heterocycles. The molecule has 0 unspecified atom stereocenters. The van der Waals surface area contributed by atoms with E-state index >= 15 is 0 Å². The van der Waals surface area contributed by atoms with E-state index in [9.17, 15) is 17.2 Å². The Kier molecular flexibility index (Phi) is 5.17. The second kappa shape index (κ2) is 7.19. The van der Waals surface area contributed by atoms with E-state index in [2.05, 4.69) is 0 Å². The molecule has 0 aliphatic carbocycles. The molecule has 2 aromatic rings. The van der Waals surface area contributed by atoms with E-state index in [4.69, 9.17) is 4.74 Å².